The predicted octanol–water partition coefficient (Wildman–Crippen LogP) is 5.73. The number of rotatable bonds is 9. The van der Waals surface area contributed by atoms with Gasteiger partial charge in [-0.3, -0.25) is 9.78 Å². The molecule has 0 amide bonds. The molecule has 5 nitrogen and oxygen atoms in total. The van der Waals surface area contributed by atoms with Crippen molar-refractivity contribution in [3.63, 3.8) is 0 Å². The summed E-state index contributed by atoms with van der Waals surface area (Å²) in [6.07, 6.45) is 1.66. The van der Waals surface area contributed by atoms with Crippen LogP contribution in [0.15, 0.2) is 85.6 Å². The van der Waals surface area contributed by atoms with Crippen LogP contribution in [0.1, 0.15) is 45.0 Å². The molecule has 178 valence electrons. The Labute approximate surface area is 204 Å². The summed E-state index contributed by atoms with van der Waals surface area (Å²) in [7, 11) is -1.45. The van der Waals surface area contributed by atoms with Gasteiger partial charge < -0.3 is 4.74 Å². The highest BCUT2D eigenvalue weighted by atomic mass is 32.2. The summed E-state index contributed by atoms with van der Waals surface area (Å²) < 4.78 is 21.1. The van der Waals surface area contributed by atoms with Crippen molar-refractivity contribution in [2.24, 2.45) is 5.92 Å². The topological polar surface area (TPSA) is 68.3 Å². The van der Waals surface area contributed by atoms with Crippen LogP contribution in [0.25, 0.3) is 16.7 Å². The van der Waals surface area contributed by atoms with E-state index in [0.717, 1.165) is 16.7 Å². The number of benzene rings is 2. The first-order chi connectivity index (χ1) is 16.2. The number of hydrogen-bond acceptors (Lipinski definition) is 4. The van der Waals surface area contributed by atoms with Crippen LogP contribution in [0.5, 0.6) is 0 Å². The summed E-state index contributed by atoms with van der Waals surface area (Å²) in [6.45, 7) is 11.9. The molecule has 3 aromatic rings. The summed E-state index contributed by atoms with van der Waals surface area (Å²) in [5.74, 6) is -1.25. The van der Waals surface area contributed by atoms with E-state index in [2.05, 4.69) is 16.3 Å². The standard InChI is InChI=1S/C28H32N2O3S/c1-6-33-27(31)25(26(24-14-10-11-19-29-24)30-34(32)28(3,4)5)20(2)21-15-17-23(18-16-21)22-12-8-7-9-13-22/h7-19,25-26,30H,2,6H2,1,3-5H3/t25-,26+,34-/m0/s1. The van der Waals surface area contributed by atoms with Gasteiger partial charge in [0.15, 0.2) is 0 Å². The monoisotopic (exact) mass is 476 g/mol. The number of esters is 1. The molecule has 0 aliphatic rings. The van der Waals surface area contributed by atoms with Gasteiger partial charge in [-0.05, 0) is 62.1 Å². The van der Waals surface area contributed by atoms with Gasteiger partial charge in [-0.25, -0.2) is 8.93 Å². The molecule has 3 atom stereocenters. The Kier molecular flexibility index (Phi) is 8.53. The average molecular weight is 477 g/mol. The third kappa shape index (κ3) is 6.27. The van der Waals surface area contributed by atoms with E-state index in [1.54, 1.807) is 19.2 Å². The Morgan fingerprint density at radius 1 is 1.00 bits per heavy atom. The number of ether oxygens (including phenoxy) is 1. The third-order valence-corrected chi connectivity index (χ3v) is 6.99. The Morgan fingerprint density at radius 3 is 2.18 bits per heavy atom. The van der Waals surface area contributed by atoms with Crippen molar-refractivity contribution in [2.75, 3.05) is 6.61 Å². The molecule has 0 unspecified atom stereocenters. The maximum atomic E-state index is 13.2. The largest absolute Gasteiger partial charge is 0.465 e. The van der Waals surface area contributed by atoms with Crippen molar-refractivity contribution >= 4 is 22.5 Å². The number of pyridine rings is 1. The van der Waals surface area contributed by atoms with Crippen LogP contribution in [0, 0.1) is 5.92 Å². The molecule has 1 aromatic heterocycles. The van der Waals surface area contributed by atoms with Gasteiger partial charge >= 0.3 is 5.97 Å². The summed E-state index contributed by atoms with van der Waals surface area (Å²) >= 11 is 0. The zero-order valence-corrected chi connectivity index (χ0v) is 21.0. The van der Waals surface area contributed by atoms with Gasteiger partial charge in [-0.15, -0.1) is 0 Å². The van der Waals surface area contributed by atoms with E-state index in [4.69, 9.17) is 4.74 Å². The SMILES string of the molecule is C=C(c1ccc(-c2ccccc2)cc1)[C@H](C(=O)OCC)[C@H](N[S@@](=O)C(C)(C)C)c1ccccn1. The highest BCUT2D eigenvalue weighted by molar-refractivity contribution is 7.84. The first-order valence-electron chi connectivity index (χ1n) is 11.3. The third-order valence-electron chi connectivity index (χ3n) is 5.41. The molecule has 3 rings (SSSR count). The highest BCUT2D eigenvalue weighted by Gasteiger charge is 2.37. The number of carbonyl (C=O) groups is 1. The normalized spacial score (nSPS) is 14.1. The molecule has 0 saturated heterocycles. The molecule has 2 aromatic carbocycles. The molecular weight excluding hydrogens is 444 g/mol. The van der Waals surface area contributed by atoms with Crippen LogP contribution in [-0.4, -0.2) is 26.5 Å². The van der Waals surface area contributed by atoms with Gasteiger partial charge in [-0.2, -0.15) is 0 Å². The number of nitrogens with one attached hydrogen (secondary N) is 1. The Morgan fingerprint density at radius 2 is 1.62 bits per heavy atom. The zero-order valence-electron chi connectivity index (χ0n) is 20.2. The molecule has 0 radical (unpaired) electrons. The minimum Gasteiger partial charge on any atom is -0.465 e. The summed E-state index contributed by atoms with van der Waals surface area (Å²) in [4.78, 5) is 17.7. The van der Waals surface area contributed by atoms with Gasteiger partial charge in [0.25, 0.3) is 0 Å². The van der Waals surface area contributed by atoms with E-state index in [-0.39, 0.29) is 6.61 Å². The molecule has 1 N–H and O–H groups in total. The Balaban J connectivity index is 2.01. The summed E-state index contributed by atoms with van der Waals surface area (Å²) in [5, 5.41) is 0. The second kappa shape index (κ2) is 11.4. The second-order valence-corrected chi connectivity index (χ2v) is 10.9. The Hall–Kier alpha value is -3.09. The smallest absolute Gasteiger partial charge is 0.315 e. The molecular formula is C28H32N2O3S. The van der Waals surface area contributed by atoms with Crippen LogP contribution in [0.2, 0.25) is 0 Å². The number of hydrogen-bond donors (Lipinski definition) is 1. The molecule has 6 heteroatoms. The van der Waals surface area contributed by atoms with Crippen molar-refractivity contribution < 1.29 is 13.7 Å². The van der Waals surface area contributed by atoms with Crippen LogP contribution in [0.3, 0.4) is 0 Å². The van der Waals surface area contributed by atoms with E-state index in [1.807, 2.05) is 87.5 Å². The lowest BCUT2D eigenvalue weighted by atomic mass is 9.86. The maximum Gasteiger partial charge on any atom is 0.315 e. The van der Waals surface area contributed by atoms with Gasteiger partial charge in [0, 0.05) is 6.20 Å². The van der Waals surface area contributed by atoms with Crippen LogP contribution in [-0.2, 0) is 20.5 Å². The van der Waals surface area contributed by atoms with Crippen molar-refractivity contribution in [3.8, 4) is 11.1 Å². The number of aromatic nitrogens is 1. The van der Waals surface area contributed by atoms with E-state index in [0.29, 0.717) is 11.3 Å². The van der Waals surface area contributed by atoms with Gasteiger partial charge in [0.2, 0.25) is 0 Å². The molecule has 34 heavy (non-hydrogen) atoms. The summed E-state index contributed by atoms with van der Waals surface area (Å²) in [6, 6.07) is 22.8. The highest BCUT2D eigenvalue weighted by Crippen LogP contribution is 2.35. The van der Waals surface area contributed by atoms with Crippen molar-refractivity contribution in [2.45, 2.75) is 38.5 Å². The number of nitrogens with zero attached hydrogens (tertiary/aromatic N) is 1. The van der Waals surface area contributed by atoms with Crippen molar-refractivity contribution in [1.29, 1.82) is 0 Å². The number of carbonyl (C=O) groups excluding carboxylic acids is 1. The van der Waals surface area contributed by atoms with E-state index in [1.165, 1.54) is 0 Å². The van der Waals surface area contributed by atoms with Gasteiger partial charge in [0.05, 0.1) is 34.1 Å². The fourth-order valence-electron chi connectivity index (χ4n) is 3.55. The lowest BCUT2D eigenvalue weighted by molar-refractivity contribution is -0.146. The van der Waals surface area contributed by atoms with Crippen molar-refractivity contribution in [3.05, 3.63) is 96.8 Å². The predicted molar refractivity (Wildman–Crippen MR) is 139 cm³/mol. The molecule has 0 spiro atoms. The van der Waals surface area contributed by atoms with Gasteiger partial charge in [0.1, 0.15) is 5.92 Å². The first kappa shape index (κ1) is 25.5. The van der Waals surface area contributed by atoms with Crippen molar-refractivity contribution in [1.82, 2.24) is 9.71 Å². The fourth-order valence-corrected chi connectivity index (χ4v) is 4.39. The maximum absolute atomic E-state index is 13.2. The minimum atomic E-state index is -1.45. The molecule has 0 saturated carbocycles. The summed E-state index contributed by atoms with van der Waals surface area (Å²) in [5.41, 5.74) is 4.16. The van der Waals surface area contributed by atoms with E-state index < -0.39 is 33.7 Å². The van der Waals surface area contributed by atoms with E-state index in [9.17, 15) is 9.00 Å². The lowest BCUT2D eigenvalue weighted by Gasteiger charge is -2.30. The van der Waals surface area contributed by atoms with Crippen LogP contribution in [0.4, 0.5) is 0 Å². The average Bonchev–Trinajstić information content (AvgIpc) is 2.84. The quantitative estimate of drug-likeness (QED) is 0.400. The minimum absolute atomic E-state index is 0.229. The molecule has 1 heterocycles. The zero-order chi connectivity index (χ0) is 24.7. The van der Waals surface area contributed by atoms with Crippen LogP contribution >= 0.6 is 0 Å². The second-order valence-electron chi connectivity index (χ2n) is 8.93. The Bertz CT molecular complexity index is 1120. The first-order valence-corrected chi connectivity index (χ1v) is 12.5. The molecule has 0 aliphatic heterocycles. The van der Waals surface area contributed by atoms with E-state index >= 15 is 0 Å². The molecule has 0 aliphatic carbocycles. The van der Waals surface area contributed by atoms with Gasteiger partial charge in [-0.1, -0.05) is 67.2 Å². The van der Waals surface area contributed by atoms with Crippen LogP contribution < -0.4 is 4.72 Å². The fraction of sp³-hybridized carbons (Fsp3) is 0.286. The molecule has 0 bridgehead atoms. The lowest BCUT2D eigenvalue weighted by Crippen LogP contribution is -2.41. The molecule has 0 fully saturated rings.